The van der Waals surface area contributed by atoms with E-state index < -0.39 is 11.4 Å². The molecule has 2 rings (SSSR count). The van der Waals surface area contributed by atoms with E-state index in [0.717, 1.165) is 4.88 Å². The van der Waals surface area contributed by atoms with Crippen molar-refractivity contribution >= 4 is 23.2 Å². The van der Waals surface area contributed by atoms with Crippen LogP contribution in [0.25, 0.3) is 10.7 Å². The Labute approximate surface area is 150 Å². The van der Waals surface area contributed by atoms with E-state index in [4.69, 9.17) is 4.52 Å². The number of hydrogen-bond acceptors (Lipinski definition) is 6. The van der Waals surface area contributed by atoms with Crippen molar-refractivity contribution in [1.82, 2.24) is 15.5 Å². The van der Waals surface area contributed by atoms with Gasteiger partial charge < -0.3 is 14.9 Å². The number of aryl methyl sites for hydroxylation is 1. The highest BCUT2D eigenvalue weighted by Crippen LogP contribution is 2.25. The number of aromatic nitrogens is 2. The molecule has 136 valence electrons. The molecule has 0 bridgehead atoms. The van der Waals surface area contributed by atoms with Gasteiger partial charge in [0.25, 0.3) is 0 Å². The van der Waals surface area contributed by atoms with Crippen molar-refractivity contribution in [2.75, 3.05) is 6.54 Å². The first kappa shape index (κ1) is 19.1. The van der Waals surface area contributed by atoms with Gasteiger partial charge in [0, 0.05) is 19.4 Å². The van der Waals surface area contributed by atoms with Crippen LogP contribution in [0.1, 0.15) is 45.4 Å². The van der Waals surface area contributed by atoms with Crippen LogP contribution >= 0.6 is 11.3 Å². The lowest BCUT2D eigenvalue weighted by Gasteiger charge is -2.26. The molecule has 8 heteroatoms. The summed E-state index contributed by atoms with van der Waals surface area (Å²) < 4.78 is 5.19. The number of aliphatic carboxylic acids is 1. The van der Waals surface area contributed by atoms with Gasteiger partial charge in [0.15, 0.2) is 0 Å². The molecular formula is C17H23N3O4S. The normalized spacial score (nSPS) is 11.4. The summed E-state index contributed by atoms with van der Waals surface area (Å²) in [7, 11) is 0. The molecule has 0 aromatic carbocycles. The third-order valence-corrected chi connectivity index (χ3v) is 5.30. The van der Waals surface area contributed by atoms with Crippen LogP contribution in [0.2, 0.25) is 0 Å². The smallest absolute Gasteiger partial charge is 0.311 e. The number of nitrogens with one attached hydrogen (secondary N) is 1. The summed E-state index contributed by atoms with van der Waals surface area (Å²) >= 11 is 1.54. The van der Waals surface area contributed by atoms with Crippen molar-refractivity contribution < 1.29 is 19.2 Å². The molecule has 0 aliphatic carbocycles. The molecule has 0 unspecified atom stereocenters. The molecule has 0 radical (unpaired) electrons. The summed E-state index contributed by atoms with van der Waals surface area (Å²) in [6.07, 6.45) is 2.33. The highest BCUT2D eigenvalue weighted by atomic mass is 32.1. The molecule has 2 heterocycles. The van der Waals surface area contributed by atoms with E-state index in [1.807, 2.05) is 31.4 Å². The maximum Gasteiger partial charge on any atom is 0.311 e. The van der Waals surface area contributed by atoms with Crippen molar-refractivity contribution in [3.05, 3.63) is 23.4 Å². The third-order valence-electron chi connectivity index (χ3n) is 4.44. The highest BCUT2D eigenvalue weighted by Gasteiger charge is 2.34. The van der Waals surface area contributed by atoms with Gasteiger partial charge in [0.2, 0.25) is 17.6 Å². The molecule has 2 N–H and O–H groups in total. The van der Waals surface area contributed by atoms with Crippen LogP contribution in [0.4, 0.5) is 0 Å². The van der Waals surface area contributed by atoms with Crippen molar-refractivity contribution in [2.45, 2.75) is 46.0 Å². The molecule has 1 amide bonds. The SMILES string of the molecule is CCC(CC)(CNC(=O)CCCc1nc(-c2cccs2)no1)C(=O)O. The molecule has 0 aliphatic heterocycles. The number of carbonyl (C=O) groups is 2. The molecule has 0 spiro atoms. The Morgan fingerprint density at radius 3 is 2.72 bits per heavy atom. The number of thiophene rings is 1. The van der Waals surface area contributed by atoms with E-state index in [9.17, 15) is 14.7 Å². The first-order chi connectivity index (χ1) is 12.0. The van der Waals surface area contributed by atoms with Crippen LogP contribution in [0.3, 0.4) is 0 Å². The maximum atomic E-state index is 12.0. The molecule has 0 fully saturated rings. The molecule has 25 heavy (non-hydrogen) atoms. The average Bonchev–Trinajstić information content (AvgIpc) is 3.27. The number of rotatable bonds is 10. The lowest BCUT2D eigenvalue weighted by molar-refractivity contribution is -0.149. The molecule has 0 saturated carbocycles. The zero-order chi connectivity index (χ0) is 18.3. The van der Waals surface area contributed by atoms with Crippen LogP contribution in [0.15, 0.2) is 22.0 Å². The minimum Gasteiger partial charge on any atom is -0.481 e. The van der Waals surface area contributed by atoms with Gasteiger partial charge >= 0.3 is 5.97 Å². The molecule has 2 aromatic heterocycles. The predicted molar refractivity (Wildman–Crippen MR) is 94.2 cm³/mol. The average molecular weight is 365 g/mol. The summed E-state index contributed by atoms with van der Waals surface area (Å²) in [5.74, 6) is 0.0278. The second kappa shape index (κ2) is 8.75. The van der Waals surface area contributed by atoms with E-state index in [-0.39, 0.29) is 12.5 Å². The lowest BCUT2D eigenvalue weighted by Crippen LogP contribution is -2.42. The largest absolute Gasteiger partial charge is 0.481 e. The van der Waals surface area contributed by atoms with Gasteiger partial charge in [0.05, 0.1) is 10.3 Å². The summed E-state index contributed by atoms with van der Waals surface area (Å²) in [6, 6.07) is 3.84. The zero-order valence-electron chi connectivity index (χ0n) is 14.4. The standard InChI is InChI=1S/C17H23N3O4S/c1-3-17(4-2,16(22)23)11-18-13(21)8-5-9-14-19-15(20-24-14)12-7-6-10-25-12/h6-7,10H,3-5,8-9,11H2,1-2H3,(H,18,21)(H,22,23). The fourth-order valence-corrected chi connectivity index (χ4v) is 3.15. The topological polar surface area (TPSA) is 105 Å². The van der Waals surface area contributed by atoms with E-state index >= 15 is 0 Å². The molecule has 7 nitrogen and oxygen atoms in total. The quantitative estimate of drug-likeness (QED) is 0.670. The van der Waals surface area contributed by atoms with E-state index in [0.29, 0.717) is 43.8 Å². The van der Waals surface area contributed by atoms with E-state index in [2.05, 4.69) is 15.5 Å². The first-order valence-corrected chi connectivity index (χ1v) is 9.25. The van der Waals surface area contributed by atoms with Gasteiger partial charge in [-0.2, -0.15) is 4.98 Å². The van der Waals surface area contributed by atoms with Crippen molar-refractivity contribution in [3.8, 4) is 10.7 Å². The molecule has 0 aliphatic rings. The van der Waals surface area contributed by atoms with Crippen LogP contribution in [0.5, 0.6) is 0 Å². The van der Waals surface area contributed by atoms with E-state index in [1.54, 1.807) is 0 Å². The fraction of sp³-hybridized carbons (Fsp3) is 0.529. The minimum absolute atomic E-state index is 0.150. The second-order valence-electron chi connectivity index (χ2n) is 5.91. The fourth-order valence-electron chi connectivity index (χ4n) is 2.50. The maximum absolute atomic E-state index is 12.0. The summed E-state index contributed by atoms with van der Waals surface area (Å²) in [5, 5.41) is 18.0. The van der Waals surface area contributed by atoms with Crippen LogP contribution < -0.4 is 5.32 Å². The lowest BCUT2D eigenvalue weighted by atomic mass is 9.82. The predicted octanol–water partition coefficient (Wildman–Crippen LogP) is 3.13. The Morgan fingerprint density at radius 1 is 1.36 bits per heavy atom. The van der Waals surface area contributed by atoms with Crippen LogP contribution in [-0.4, -0.2) is 33.7 Å². The Balaban J connectivity index is 1.76. The number of amides is 1. The van der Waals surface area contributed by atoms with Crippen molar-refractivity contribution in [3.63, 3.8) is 0 Å². The van der Waals surface area contributed by atoms with Crippen molar-refractivity contribution in [2.24, 2.45) is 5.41 Å². The number of carboxylic acid groups (broad SMARTS) is 1. The Morgan fingerprint density at radius 2 is 2.12 bits per heavy atom. The number of carboxylic acids is 1. The van der Waals surface area contributed by atoms with Crippen LogP contribution in [-0.2, 0) is 16.0 Å². The Bertz CT molecular complexity index is 693. The van der Waals surface area contributed by atoms with E-state index in [1.165, 1.54) is 11.3 Å². The monoisotopic (exact) mass is 365 g/mol. The molecule has 2 aromatic rings. The van der Waals surface area contributed by atoms with Gasteiger partial charge in [-0.3, -0.25) is 9.59 Å². The summed E-state index contributed by atoms with van der Waals surface area (Å²) in [4.78, 5) is 28.6. The van der Waals surface area contributed by atoms with Gasteiger partial charge in [-0.25, -0.2) is 0 Å². The van der Waals surface area contributed by atoms with Crippen molar-refractivity contribution in [1.29, 1.82) is 0 Å². The third kappa shape index (κ3) is 4.88. The number of nitrogens with zero attached hydrogens (tertiary/aromatic N) is 2. The van der Waals surface area contributed by atoms with Gasteiger partial charge in [-0.15, -0.1) is 11.3 Å². The minimum atomic E-state index is -0.891. The summed E-state index contributed by atoms with van der Waals surface area (Å²) in [6.45, 7) is 3.80. The number of hydrogen-bond donors (Lipinski definition) is 2. The highest BCUT2D eigenvalue weighted by molar-refractivity contribution is 7.13. The van der Waals surface area contributed by atoms with Gasteiger partial charge in [-0.1, -0.05) is 25.1 Å². The Kier molecular flexibility index (Phi) is 6.69. The van der Waals surface area contributed by atoms with Gasteiger partial charge in [0.1, 0.15) is 0 Å². The number of carbonyl (C=O) groups excluding carboxylic acids is 1. The Hall–Kier alpha value is -2.22. The second-order valence-corrected chi connectivity index (χ2v) is 6.86. The zero-order valence-corrected chi connectivity index (χ0v) is 15.3. The molecule has 0 atom stereocenters. The van der Waals surface area contributed by atoms with Crippen LogP contribution in [0, 0.1) is 5.41 Å². The molecule has 0 saturated heterocycles. The summed E-state index contributed by atoms with van der Waals surface area (Å²) in [5.41, 5.74) is -0.891. The molecular weight excluding hydrogens is 342 g/mol. The first-order valence-electron chi connectivity index (χ1n) is 8.37. The van der Waals surface area contributed by atoms with Gasteiger partial charge in [-0.05, 0) is 30.7 Å².